The highest BCUT2D eigenvalue weighted by molar-refractivity contribution is 7.15. The summed E-state index contributed by atoms with van der Waals surface area (Å²) >= 11 is 1.04. The van der Waals surface area contributed by atoms with Crippen LogP contribution in [0.15, 0.2) is 12.1 Å². The number of nitrogens with zero attached hydrogens (tertiary/aromatic N) is 2. The summed E-state index contributed by atoms with van der Waals surface area (Å²) in [6.07, 6.45) is 0.968. The number of likely N-dealkylation sites (tertiary alicyclic amines) is 1. The van der Waals surface area contributed by atoms with Crippen LogP contribution in [0.25, 0.3) is 0 Å². The predicted molar refractivity (Wildman–Crippen MR) is 69.3 cm³/mol. The van der Waals surface area contributed by atoms with Crippen molar-refractivity contribution in [1.82, 2.24) is 9.80 Å². The summed E-state index contributed by atoms with van der Waals surface area (Å²) in [5.74, 6) is -1.04. The van der Waals surface area contributed by atoms with Crippen molar-refractivity contribution in [3.05, 3.63) is 21.9 Å². The van der Waals surface area contributed by atoms with Gasteiger partial charge in [-0.15, -0.1) is 11.3 Å². The smallest absolute Gasteiger partial charge is 0.345 e. The normalized spacial score (nSPS) is 19.5. The minimum Gasteiger partial charge on any atom is -0.477 e. The Labute approximate surface area is 110 Å². The van der Waals surface area contributed by atoms with E-state index in [2.05, 4.69) is 4.90 Å². The fraction of sp³-hybridized carbons (Fsp3) is 0.500. The molecule has 0 aromatic carbocycles. The van der Waals surface area contributed by atoms with Crippen LogP contribution in [0.5, 0.6) is 0 Å². The Morgan fingerprint density at radius 2 is 2.06 bits per heavy atom. The lowest BCUT2D eigenvalue weighted by atomic mass is 10.2. The van der Waals surface area contributed by atoms with Crippen LogP contribution in [0.1, 0.15) is 25.8 Å². The average molecular weight is 268 g/mol. The highest BCUT2D eigenvalue weighted by Gasteiger charge is 2.28. The SMILES string of the molecule is CN(C)C1CCN(C(=O)c2ccc(C(=O)O)s2)C1. The molecule has 1 N–H and O–H groups in total. The fourth-order valence-electron chi connectivity index (χ4n) is 2.07. The first-order valence-corrected chi connectivity index (χ1v) is 6.59. The maximum absolute atomic E-state index is 12.2. The number of carboxylic acid groups (broad SMARTS) is 1. The van der Waals surface area contributed by atoms with Gasteiger partial charge in [0.1, 0.15) is 4.88 Å². The molecule has 1 amide bonds. The number of aromatic carboxylic acids is 1. The molecule has 0 radical (unpaired) electrons. The van der Waals surface area contributed by atoms with Crippen molar-refractivity contribution in [3.63, 3.8) is 0 Å². The summed E-state index contributed by atoms with van der Waals surface area (Å²) in [6.45, 7) is 1.45. The molecule has 2 rings (SSSR count). The van der Waals surface area contributed by atoms with Crippen LogP contribution in [-0.2, 0) is 0 Å². The first-order chi connectivity index (χ1) is 8.49. The third kappa shape index (κ3) is 2.54. The van der Waals surface area contributed by atoms with Gasteiger partial charge in [-0.2, -0.15) is 0 Å². The van der Waals surface area contributed by atoms with Crippen LogP contribution in [0, 0.1) is 0 Å². The summed E-state index contributed by atoms with van der Waals surface area (Å²) < 4.78 is 0. The van der Waals surface area contributed by atoms with Gasteiger partial charge in [0.2, 0.25) is 0 Å². The highest BCUT2D eigenvalue weighted by Crippen LogP contribution is 2.21. The van der Waals surface area contributed by atoms with E-state index >= 15 is 0 Å². The summed E-state index contributed by atoms with van der Waals surface area (Å²) in [4.78, 5) is 27.6. The summed E-state index contributed by atoms with van der Waals surface area (Å²) in [6, 6.07) is 3.48. The molecular weight excluding hydrogens is 252 g/mol. The van der Waals surface area contributed by atoms with Crippen LogP contribution >= 0.6 is 11.3 Å². The molecule has 0 saturated carbocycles. The number of carbonyl (C=O) groups is 2. The molecule has 0 spiro atoms. The Morgan fingerprint density at radius 3 is 2.56 bits per heavy atom. The Hall–Kier alpha value is -1.40. The van der Waals surface area contributed by atoms with Crippen molar-refractivity contribution in [2.45, 2.75) is 12.5 Å². The van der Waals surface area contributed by atoms with Gasteiger partial charge in [-0.1, -0.05) is 0 Å². The first kappa shape index (κ1) is 13.0. The topological polar surface area (TPSA) is 60.9 Å². The zero-order chi connectivity index (χ0) is 13.3. The van der Waals surface area contributed by atoms with Gasteiger partial charge in [-0.3, -0.25) is 4.79 Å². The molecule has 1 atom stereocenters. The molecule has 1 unspecified atom stereocenters. The maximum Gasteiger partial charge on any atom is 0.345 e. The van der Waals surface area contributed by atoms with Crippen LogP contribution in [0.2, 0.25) is 0 Å². The molecule has 18 heavy (non-hydrogen) atoms. The molecule has 6 heteroatoms. The van der Waals surface area contributed by atoms with E-state index in [4.69, 9.17) is 5.11 Å². The summed E-state index contributed by atoms with van der Waals surface area (Å²) in [5.41, 5.74) is 0. The minimum atomic E-state index is -0.980. The van der Waals surface area contributed by atoms with E-state index in [1.54, 1.807) is 11.0 Å². The molecular formula is C12H16N2O3S. The third-order valence-corrected chi connectivity index (χ3v) is 4.27. The molecule has 1 aromatic heterocycles. The molecule has 98 valence electrons. The lowest BCUT2D eigenvalue weighted by molar-refractivity contribution is 0.0701. The van der Waals surface area contributed by atoms with Gasteiger partial charge < -0.3 is 14.9 Å². The lowest BCUT2D eigenvalue weighted by Crippen LogP contribution is -2.34. The van der Waals surface area contributed by atoms with Crippen LogP contribution in [0.3, 0.4) is 0 Å². The Kier molecular flexibility index (Phi) is 3.68. The number of hydrogen-bond acceptors (Lipinski definition) is 4. The quantitative estimate of drug-likeness (QED) is 0.895. The van der Waals surface area contributed by atoms with Gasteiger partial charge >= 0.3 is 5.97 Å². The van der Waals surface area contributed by atoms with Gasteiger partial charge in [0, 0.05) is 19.1 Å². The van der Waals surface area contributed by atoms with Gasteiger partial charge in [-0.05, 0) is 32.6 Å². The van der Waals surface area contributed by atoms with Gasteiger partial charge in [0.05, 0.1) is 4.88 Å². The Morgan fingerprint density at radius 1 is 1.39 bits per heavy atom. The molecule has 5 nitrogen and oxygen atoms in total. The first-order valence-electron chi connectivity index (χ1n) is 5.78. The molecule has 2 heterocycles. The zero-order valence-corrected chi connectivity index (χ0v) is 11.2. The number of carbonyl (C=O) groups excluding carboxylic acids is 1. The Balaban J connectivity index is 2.05. The van der Waals surface area contributed by atoms with E-state index in [-0.39, 0.29) is 10.8 Å². The lowest BCUT2D eigenvalue weighted by Gasteiger charge is -2.19. The summed E-state index contributed by atoms with van der Waals surface area (Å²) in [7, 11) is 4.01. The van der Waals surface area contributed by atoms with E-state index < -0.39 is 5.97 Å². The average Bonchev–Trinajstić information content (AvgIpc) is 2.97. The molecule has 0 bridgehead atoms. The Bertz CT molecular complexity index is 470. The third-order valence-electron chi connectivity index (χ3n) is 3.21. The predicted octanol–water partition coefficient (Wildman–Crippen LogP) is 1.22. The number of likely N-dealkylation sites (N-methyl/N-ethyl adjacent to an activating group) is 1. The monoisotopic (exact) mass is 268 g/mol. The van der Waals surface area contributed by atoms with Crippen LogP contribution < -0.4 is 0 Å². The molecule has 1 aliphatic rings. The van der Waals surface area contributed by atoms with Crippen LogP contribution in [0.4, 0.5) is 0 Å². The second-order valence-corrected chi connectivity index (χ2v) is 5.71. The molecule has 1 aromatic rings. The standard InChI is InChI=1S/C12H16N2O3S/c1-13(2)8-5-6-14(7-8)11(15)9-3-4-10(18-9)12(16)17/h3-4,8H,5-7H2,1-2H3,(H,16,17). The van der Waals surface area contributed by atoms with Crippen LogP contribution in [-0.4, -0.2) is 60.0 Å². The van der Waals surface area contributed by atoms with Crippen molar-refractivity contribution in [3.8, 4) is 0 Å². The van der Waals surface area contributed by atoms with Crippen molar-refractivity contribution < 1.29 is 14.7 Å². The van der Waals surface area contributed by atoms with Crippen molar-refractivity contribution >= 4 is 23.2 Å². The maximum atomic E-state index is 12.2. The van der Waals surface area contributed by atoms with E-state index in [0.717, 1.165) is 24.3 Å². The van der Waals surface area contributed by atoms with E-state index in [9.17, 15) is 9.59 Å². The van der Waals surface area contributed by atoms with Gasteiger partial charge in [-0.25, -0.2) is 4.79 Å². The van der Waals surface area contributed by atoms with E-state index in [1.807, 2.05) is 14.1 Å². The van der Waals surface area contributed by atoms with Crippen molar-refractivity contribution in [2.24, 2.45) is 0 Å². The van der Waals surface area contributed by atoms with Gasteiger partial charge in [0.15, 0.2) is 0 Å². The zero-order valence-electron chi connectivity index (χ0n) is 10.4. The number of carboxylic acids is 1. The number of hydrogen-bond donors (Lipinski definition) is 1. The van der Waals surface area contributed by atoms with Crippen molar-refractivity contribution in [1.29, 1.82) is 0 Å². The van der Waals surface area contributed by atoms with Crippen molar-refractivity contribution in [2.75, 3.05) is 27.2 Å². The minimum absolute atomic E-state index is 0.0585. The van der Waals surface area contributed by atoms with E-state index in [1.165, 1.54) is 6.07 Å². The fourth-order valence-corrected chi connectivity index (χ4v) is 2.88. The number of amides is 1. The largest absolute Gasteiger partial charge is 0.477 e. The molecule has 0 aliphatic carbocycles. The number of rotatable bonds is 3. The van der Waals surface area contributed by atoms with E-state index in [0.29, 0.717) is 17.5 Å². The second-order valence-electron chi connectivity index (χ2n) is 4.63. The van der Waals surface area contributed by atoms with Gasteiger partial charge in [0.25, 0.3) is 5.91 Å². The second kappa shape index (κ2) is 5.07. The molecule has 1 saturated heterocycles. The molecule has 1 fully saturated rings. The summed E-state index contributed by atoms with van der Waals surface area (Å²) in [5, 5.41) is 8.84. The number of thiophene rings is 1. The molecule has 1 aliphatic heterocycles. The highest BCUT2D eigenvalue weighted by atomic mass is 32.1.